The van der Waals surface area contributed by atoms with Crippen molar-refractivity contribution in [1.29, 1.82) is 0 Å². The molecule has 0 rings (SSSR count). The van der Waals surface area contributed by atoms with E-state index < -0.39 is 0 Å². The summed E-state index contributed by atoms with van der Waals surface area (Å²) in [5.74, 6) is 1.22. The van der Waals surface area contributed by atoms with E-state index in [1.165, 1.54) is 25.0 Å². The number of hydrogen-bond donors (Lipinski definition) is 0. The molecule has 0 aliphatic carbocycles. The van der Waals surface area contributed by atoms with Gasteiger partial charge in [-0.1, -0.05) is 42.6 Å². The summed E-state index contributed by atoms with van der Waals surface area (Å²) in [6.07, 6.45) is 3.98. The lowest BCUT2D eigenvalue weighted by atomic mass is 10.3. The first kappa shape index (κ1) is 9.83. The molecule has 1 atom stereocenters. The number of rotatable bonds is 5. The lowest BCUT2D eigenvalue weighted by molar-refractivity contribution is 0.767. The Labute approximate surface area is 70.9 Å². The quantitative estimate of drug-likeness (QED) is 0.625. The maximum atomic E-state index is 3.60. The molecule has 9 heavy (non-hydrogen) atoms. The van der Waals surface area contributed by atoms with Crippen LogP contribution in [0.15, 0.2) is 0 Å². The molecule has 0 aliphatic rings. The van der Waals surface area contributed by atoms with Gasteiger partial charge in [-0.05, 0) is 12.2 Å². The Balaban J connectivity index is 2.95. The molecule has 0 heterocycles. The Morgan fingerprint density at radius 1 is 1.44 bits per heavy atom. The lowest BCUT2D eigenvalue weighted by Gasteiger charge is -2.04. The highest BCUT2D eigenvalue weighted by Crippen LogP contribution is 2.22. The Morgan fingerprint density at radius 2 is 2.11 bits per heavy atom. The fourth-order valence-electron chi connectivity index (χ4n) is 0.629. The van der Waals surface area contributed by atoms with Crippen molar-refractivity contribution in [2.24, 2.45) is 0 Å². The zero-order valence-corrected chi connectivity index (χ0v) is 8.59. The zero-order chi connectivity index (χ0) is 7.11. The molecule has 2 heteroatoms. The van der Waals surface area contributed by atoms with E-state index in [0.29, 0.717) is 4.16 Å². The number of halogens is 1. The summed E-state index contributed by atoms with van der Waals surface area (Å²) < 4.78 is 0.697. The summed E-state index contributed by atoms with van der Waals surface area (Å²) in [4.78, 5) is 0. The minimum Gasteiger partial charge on any atom is -0.147 e. The summed E-state index contributed by atoms with van der Waals surface area (Å²) in [6.45, 7) is 4.43. The van der Waals surface area contributed by atoms with Gasteiger partial charge in [-0.15, -0.1) is 11.8 Å². The Hall–Kier alpha value is 0.830. The number of alkyl halides is 1. The number of thioether (sulfide) groups is 1. The highest BCUT2D eigenvalue weighted by molar-refractivity contribution is 9.11. The largest absolute Gasteiger partial charge is 0.147 e. The monoisotopic (exact) mass is 210 g/mol. The van der Waals surface area contributed by atoms with Crippen molar-refractivity contribution in [1.82, 2.24) is 0 Å². The first-order valence-corrected chi connectivity index (χ1v) is 5.53. The molecule has 0 aromatic heterocycles. The summed E-state index contributed by atoms with van der Waals surface area (Å²) in [5.41, 5.74) is 0. The summed E-state index contributed by atoms with van der Waals surface area (Å²) in [6, 6.07) is 0. The van der Waals surface area contributed by atoms with Gasteiger partial charge < -0.3 is 0 Å². The molecule has 56 valence electrons. The second-order valence-corrected chi connectivity index (χ2v) is 5.20. The van der Waals surface area contributed by atoms with Crippen LogP contribution < -0.4 is 0 Å². The van der Waals surface area contributed by atoms with Crippen LogP contribution in [0.5, 0.6) is 0 Å². The van der Waals surface area contributed by atoms with E-state index in [4.69, 9.17) is 0 Å². The van der Waals surface area contributed by atoms with Crippen LogP contribution in [-0.2, 0) is 0 Å². The van der Waals surface area contributed by atoms with Gasteiger partial charge in [0.1, 0.15) is 0 Å². The van der Waals surface area contributed by atoms with Crippen molar-refractivity contribution >= 4 is 27.7 Å². The number of unbranched alkanes of at least 4 members (excludes halogenated alkanes) is 1. The molecule has 0 aromatic carbocycles. The van der Waals surface area contributed by atoms with Gasteiger partial charge in [0.05, 0.1) is 4.16 Å². The summed E-state index contributed by atoms with van der Waals surface area (Å²) >= 11 is 5.59. The molecule has 0 N–H and O–H groups in total. The maximum absolute atomic E-state index is 3.60. The number of hydrogen-bond acceptors (Lipinski definition) is 1. The average Bonchev–Trinajstić information content (AvgIpc) is 1.85. The van der Waals surface area contributed by atoms with E-state index >= 15 is 0 Å². The minimum atomic E-state index is 0.697. The van der Waals surface area contributed by atoms with Gasteiger partial charge in [0.25, 0.3) is 0 Å². The van der Waals surface area contributed by atoms with E-state index in [0.717, 1.165) is 0 Å². The van der Waals surface area contributed by atoms with Crippen molar-refractivity contribution in [3.8, 4) is 0 Å². The van der Waals surface area contributed by atoms with Crippen molar-refractivity contribution in [2.75, 3.05) is 5.75 Å². The van der Waals surface area contributed by atoms with E-state index in [2.05, 4.69) is 29.8 Å². The SMILES string of the molecule is CCCCC(Br)SCC. The predicted molar refractivity (Wildman–Crippen MR) is 50.4 cm³/mol. The van der Waals surface area contributed by atoms with Crippen LogP contribution in [0.25, 0.3) is 0 Å². The molecule has 0 amide bonds. The lowest BCUT2D eigenvalue weighted by Crippen LogP contribution is -1.90. The van der Waals surface area contributed by atoms with E-state index in [1.807, 2.05) is 11.8 Å². The molecule has 0 saturated carbocycles. The van der Waals surface area contributed by atoms with E-state index in [-0.39, 0.29) is 0 Å². The van der Waals surface area contributed by atoms with Crippen molar-refractivity contribution < 1.29 is 0 Å². The second kappa shape index (κ2) is 6.94. The summed E-state index contributed by atoms with van der Waals surface area (Å²) in [7, 11) is 0. The van der Waals surface area contributed by atoms with Gasteiger partial charge in [-0.2, -0.15) is 0 Å². The van der Waals surface area contributed by atoms with Gasteiger partial charge in [-0.25, -0.2) is 0 Å². The smallest absolute Gasteiger partial charge is 0.0600 e. The average molecular weight is 211 g/mol. The van der Waals surface area contributed by atoms with Crippen LogP contribution in [0.2, 0.25) is 0 Å². The Morgan fingerprint density at radius 3 is 2.56 bits per heavy atom. The zero-order valence-electron chi connectivity index (χ0n) is 6.19. The standard InChI is InChI=1S/C7H15BrS/c1-3-5-6-7(8)9-4-2/h7H,3-6H2,1-2H3. The summed E-state index contributed by atoms with van der Waals surface area (Å²) in [5, 5.41) is 0. The maximum Gasteiger partial charge on any atom is 0.0600 e. The van der Waals surface area contributed by atoms with Gasteiger partial charge in [-0.3, -0.25) is 0 Å². The molecule has 0 saturated heterocycles. The van der Waals surface area contributed by atoms with Gasteiger partial charge in [0.2, 0.25) is 0 Å². The van der Waals surface area contributed by atoms with E-state index in [9.17, 15) is 0 Å². The van der Waals surface area contributed by atoms with Crippen LogP contribution in [-0.4, -0.2) is 9.91 Å². The molecular formula is C7H15BrS. The van der Waals surface area contributed by atoms with Crippen molar-refractivity contribution in [3.05, 3.63) is 0 Å². The third-order valence-electron chi connectivity index (χ3n) is 1.13. The molecule has 0 aliphatic heterocycles. The molecule has 0 fully saturated rings. The highest BCUT2D eigenvalue weighted by atomic mass is 79.9. The fourth-order valence-corrected chi connectivity index (χ4v) is 2.44. The second-order valence-electron chi connectivity index (χ2n) is 2.01. The minimum absolute atomic E-state index is 0.697. The molecular weight excluding hydrogens is 196 g/mol. The normalized spacial score (nSPS) is 13.7. The third kappa shape index (κ3) is 6.72. The molecule has 0 nitrogen and oxygen atoms in total. The molecule has 0 aromatic rings. The molecule has 1 unspecified atom stereocenters. The predicted octanol–water partition coefficient (Wildman–Crippen LogP) is 3.65. The fraction of sp³-hybridized carbons (Fsp3) is 1.00. The van der Waals surface area contributed by atoms with Gasteiger partial charge >= 0.3 is 0 Å². The first-order chi connectivity index (χ1) is 4.31. The van der Waals surface area contributed by atoms with Gasteiger partial charge in [0.15, 0.2) is 0 Å². The van der Waals surface area contributed by atoms with Crippen LogP contribution in [0, 0.1) is 0 Å². The molecule has 0 spiro atoms. The molecule has 0 radical (unpaired) electrons. The van der Waals surface area contributed by atoms with Crippen LogP contribution in [0.3, 0.4) is 0 Å². The topological polar surface area (TPSA) is 0 Å². The van der Waals surface area contributed by atoms with Crippen LogP contribution in [0.1, 0.15) is 33.1 Å². The third-order valence-corrected chi connectivity index (χ3v) is 3.31. The van der Waals surface area contributed by atoms with Gasteiger partial charge in [0, 0.05) is 0 Å². The van der Waals surface area contributed by atoms with Crippen LogP contribution in [0.4, 0.5) is 0 Å². The van der Waals surface area contributed by atoms with E-state index in [1.54, 1.807) is 0 Å². The first-order valence-electron chi connectivity index (χ1n) is 3.57. The van der Waals surface area contributed by atoms with Crippen molar-refractivity contribution in [3.63, 3.8) is 0 Å². The van der Waals surface area contributed by atoms with Crippen molar-refractivity contribution in [2.45, 2.75) is 37.3 Å². The van der Waals surface area contributed by atoms with Crippen LogP contribution >= 0.6 is 27.7 Å². The Kier molecular flexibility index (Phi) is 7.58. The molecule has 0 bridgehead atoms. The highest BCUT2D eigenvalue weighted by Gasteiger charge is 1.99. The Bertz CT molecular complexity index is 56.9.